The van der Waals surface area contributed by atoms with Gasteiger partial charge in [0.05, 0.1) is 12.4 Å². The number of nitrogens with one attached hydrogen (secondary N) is 1. The minimum atomic E-state index is -0.299. The molecule has 1 amide bonds. The lowest BCUT2D eigenvalue weighted by atomic mass is 10.3. The molecule has 8 nitrogen and oxygen atoms in total. The van der Waals surface area contributed by atoms with Crippen LogP contribution in [-0.4, -0.2) is 38.1 Å². The number of carbonyl (C=O) groups is 1. The zero-order valence-electron chi connectivity index (χ0n) is 13.6. The molecule has 0 saturated carbocycles. The van der Waals surface area contributed by atoms with E-state index in [0.717, 1.165) is 5.75 Å². The van der Waals surface area contributed by atoms with E-state index >= 15 is 0 Å². The van der Waals surface area contributed by atoms with E-state index in [2.05, 4.69) is 20.6 Å². The maximum Gasteiger partial charge on any atom is 0.296 e. The molecule has 3 rings (SSSR count). The molecule has 130 valence electrons. The number of hydrogen-bond donors (Lipinski definition) is 1. The van der Waals surface area contributed by atoms with E-state index in [4.69, 9.17) is 4.74 Å². The van der Waals surface area contributed by atoms with Crippen molar-refractivity contribution >= 4 is 39.7 Å². The van der Waals surface area contributed by atoms with Gasteiger partial charge in [0, 0.05) is 5.69 Å². The molecule has 3 aromatic rings. The Bertz CT molecular complexity index is 952. The predicted molar refractivity (Wildman–Crippen MR) is 96.6 cm³/mol. The minimum absolute atomic E-state index is 0.164. The second-order valence-electron chi connectivity index (χ2n) is 4.95. The fraction of sp³-hybridized carbons (Fsp3) is 0.267. The summed E-state index contributed by atoms with van der Waals surface area (Å²) in [5, 5.41) is 14.7. The molecule has 0 unspecified atom stereocenters. The van der Waals surface area contributed by atoms with Crippen LogP contribution < -0.4 is 15.6 Å². The quantitative estimate of drug-likeness (QED) is 0.656. The van der Waals surface area contributed by atoms with Crippen molar-refractivity contribution < 1.29 is 9.53 Å². The maximum absolute atomic E-state index is 12.0. The normalized spacial score (nSPS) is 10.8. The summed E-state index contributed by atoms with van der Waals surface area (Å²) in [5.74, 6) is 0.767. The summed E-state index contributed by atoms with van der Waals surface area (Å²) >= 11 is 2.46. The van der Waals surface area contributed by atoms with Crippen molar-refractivity contribution in [1.29, 1.82) is 0 Å². The van der Waals surface area contributed by atoms with E-state index < -0.39 is 0 Å². The van der Waals surface area contributed by atoms with Gasteiger partial charge in [-0.25, -0.2) is 0 Å². The van der Waals surface area contributed by atoms with Gasteiger partial charge in [-0.1, -0.05) is 23.1 Å². The van der Waals surface area contributed by atoms with Crippen LogP contribution in [0.2, 0.25) is 0 Å². The number of amides is 1. The van der Waals surface area contributed by atoms with Crippen LogP contribution in [0.1, 0.15) is 12.6 Å². The molecule has 0 fully saturated rings. The highest BCUT2D eigenvalue weighted by Crippen LogP contribution is 2.23. The highest BCUT2D eigenvalue weighted by molar-refractivity contribution is 8.01. The number of thioether (sulfide) groups is 1. The molecule has 0 aliphatic rings. The molecule has 1 N–H and O–H groups in total. The highest BCUT2D eigenvalue weighted by Gasteiger charge is 2.11. The van der Waals surface area contributed by atoms with Gasteiger partial charge in [0.1, 0.15) is 11.4 Å². The number of ether oxygens (including phenoxy) is 1. The molecule has 2 heterocycles. The number of aromatic nitrogens is 4. The molecule has 0 atom stereocenters. The van der Waals surface area contributed by atoms with Crippen molar-refractivity contribution in [1.82, 2.24) is 19.8 Å². The second kappa shape index (κ2) is 7.62. The van der Waals surface area contributed by atoms with Crippen LogP contribution in [0.5, 0.6) is 5.75 Å². The first kappa shape index (κ1) is 17.4. The molecular weight excluding hydrogens is 362 g/mol. The summed E-state index contributed by atoms with van der Waals surface area (Å²) < 4.78 is 7.15. The van der Waals surface area contributed by atoms with E-state index in [1.54, 1.807) is 31.2 Å². The number of aryl methyl sites for hydroxylation is 1. The van der Waals surface area contributed by atoms with E-state index in [0.29, 0.717) is 21.6 Å². The number of carbonyl (C=O) groups excluding carboxylic acids is 1. The summed E-state index contributed by atoms with van der Waals surface area (Å²) in [4.78, 5) is 24.4. The smallest absolute Gasteiger partial charge is 0.296 e. The van der Waals surface area contributed by atoms with Crippen molar-refractivity contribution in [2.75, 3.05) is 17.7 Å². The van der Waals surface area contributed by atoms with Crippen molar-refractivity contribution in [2.24, 2.45) is 0 Å². The predicted octanol–water partition coefficient (Wildman–Crippen LogP) is 1.98. The molecular formula is C15H15N5O3S2. The third kappa shape index (κ3) is 4.15. The molecule has 0 bridgehead atoms. The van der Waals surface area contributed by atoms with Gasteiger partial charge in [0.25, 0.3) is 5.56 Å². The van der Waals surface area contributed by atoms with Crippen LogP contribution >= 0.6 is 23.1 Å². The van der Waals surface area contributed by atoms with Crippen molar-refractivity contribution in [3.05, 3.63) is 40.3 Å². The Balaban J connectivity index is 1.60. The number of rotatable bonds is 6. The first-order chi connectivity index (χ1) is 12.1. The third-order valence-corrected chi connectivity index (χ3v) is 5.14. The van der Waals surface area contributed by atoms with Gasteiger partial charge in [-0.2, -0.15) is 4.52 Å². The van der Waals surface area contributed by atoms with Crippen LogP contribution in [0.3, 0.4) is 0 Å². The number of anilines is 1. The fourth-order valence-electron chi connectivity index (χ4n) is 1.96. The monoisotopic (exact) mass is 377 g/mol. The van der Waals surface area contributed by atoms with E-state index in [1.165, 1.54) is 27.6 Å². The van der Waals surface area contributed by atoms with Gasteiger partial charge in [-0.3, -0.25) is 9.59 Å². The fourth-order valence-corrected chi connectivity index (χ4v) is 3.63. The average Bonchev–Trinajstić information content (AvgIpc) is 3.02. The lowest BCUT2D eigenvalue weighted by Crippen LogP contribution is -2.19. The summed E-state index contributed by atoms with van der Waals surface area (Å²) in [6, 6.07) is 7.16. The van der Waals surface area contributed by atoms with Crippen LogP contribution in [0, 0.1) is 6.92 Å². The van der Waals surface area contributed by atoms with Gasteiger partial charge < -0.3 is 10.1 Å². The lowest BCUT2D eigenvalue weighted by molar-refractivity contribution is -0.113. The molecule has 25 heavy (non-hydrogen) atoms. The highest BCUT2D eigenvalue weighted by atomic mass is 32.2. The molecule has 10 heteroatoms. The number of benzene rings is 1. The lowest BCUT2D eigenvalue weighted by Gasteiger charge is -2.06. The molecule has 0 aliphatic carbocycles. The molecule has 0 aliphatic heterocycles. The largest absolute Gasteiger partial charge is 0.494 e. The average molecular weight is 377 g/mol. The summed E-state index contributed by atoms with van der Waals surface area (Å²) in [6.07, 6.45) is 0. The first-order valence-electron chi connectivity index (χ1n) is 7.45. The Hall–Kier alpha value is -2.46. The molecule has 0 saturated heterocycles. The van der Waals surface area contributed by atoms with Crippen molar-refractivity contribution in [3.63, 3.8) is 0 Å². The Morgan fingerprint density at radius 1 is 1.32 bits per heavy atom. The van der Waals surface area contributed by atoms with Gasteiger partial charge in [-0.05, 0) is 38.1 Å². The molecule has 0 radical (unpaired) electrons. The molecule has 1 aromatic carbocycles. The zero-order valence-corrected chi connectivity index (χ0v) is 15.2. The summed E-state index contributed by atoms with van der Waals surface area (Å²) in [7, 11) is 0. The van der Waals surface area contributed by atoms with E-state index in [-0.39, 0.29) is 22.9 Å². The van der Waals surface area contributed by atoms with Crippen molar-refractivity contribution in [2.45, 2.75) is 18.2 Å². The number of hydrogen-bond acceptors (Lipinski definition) is 8. The van der Waals surface area contributed by atoms with Gasteiger partial charge in [0.15, 0.2) is 4.34 Å². The van der Waals surface area contributed by atoms with Crippen LogP contribution in [0.4, 0.5) is 5.69 Å². The van der Waals surface area contributed by atoms with Gasteiger partial charge >= 0.3 is 0 Å². The number of nitrogens with zero attached hydrogens (tertiary/aromatic N) is 4. The molecule has 0 spiro atoms. The second-order valence-corrected chi connectivity index (χ2v) is 7.13. The minimum Gasteiger partial charge on any atom is -0.494 e. The first-order valence-corrected chi connectivity index (χ1v) is 9.25. The van der Waals surface area contributed by atoms with E-state index in [9.17, 15) is 9.59 Å². The van der Waals surface area contributed by atoms with E-state index in [1.807, 2.05) is 6.92 Å². The van der Waals surface area contributed by atoms with Crippen LogP contribution in [-0.2, 0) is 4.79 Å². The van der Waals surface area contributed by atoms with Gasteiger partial charge in [-0.15, -0.1) is 15.3 Å². The van der Waals surface area contributed by atoms with Crippen LogP contribution in [0.15, 0.2) is 33.4 Å². The third-order valence-electron chi connectivity index (χ3n) is 3.10. The summed E-state index contributed by atoms with van der Waals surface area (Å²) in [5.41, 5.74) is 0.676. The van der Waals surface area contributed by atoms with Crippen LogP contribution in [0.25, 0.3) is 4.96 Å². The number of fused-ring (bicyclic) bond motifs is 1. The topological polar surface area (TPSA) is 98.5 Å². The zero-order chi connectivity index (χ0) is 17.8. The maximum atomic E-state index is 12.0. The Labute approximate surface area is 151 Å². The van der Waals surface area contributed by atoms with Gasteiger partial charge in [0.2, 0.25) is 10.9 Å². The standard InChI is InChI=1S/C15H15N5O3S2/c1-3-23-11-6-4-10(5-7-11)16-12(21)8-24-15-19-20-13(22)9(2)17-18-14(20)25-15/h4-7H,3,8H2,1-2H3,(H,16,21). The Kier molecular flexibility index (Phi) is 5.29. The Morgan fingerprint density at radius 2 is 2.08 bits per heavy atom. The summed E-state index contributed by atoms with van der Waals surface area (Å²) in [6.45, 7) is 4.09. The SMILES string of the molecule is CCOc1ccc(NC(=O)CSc2nn3c(=O)c(C)nnc3s2)cc1. The molecule has 2 aromatic heterocycles. The van der Waals surface area contributed by atoms with Crippen molar-refractivity contribution in [3.8, 4) is 5.75 Å². The Morgan fingerprint density at radius 3 is 2.80 bits per heavy atom.